The quantitative estimate of drug-likeness (QED) is 0.612. The van der Waals surface area contributed by atoms with Gasteiger partial charge in [-0.1, -0.05) is 35.3 Å². The number of hydrogen-bond acceptors (Lipinski definition) is 3. The number of ether oxygens (including phenoxy) is 1. The van der Waals surface area contributed by atoms with Crippen LogP contribution in [0, 0.1) is 0 Å². The first kappa shape index (κ1) is 18.8. The van der Waals surface area contributed by atoms with Gasteiger partial charge in [0.05, 0.1) is 16.7 Å². The van der Waals surface area contributed by atoms with Gasteiger partial charge in [-0.2, -0.15) is 0 Å². The molecule has 0 fully saturated rings. The van der Waals surface area contributed by atoms with E-state index in [0.717, 1.165) is 0 Å². The van der Waals surface area contributed by atoms with Crippen molar-refractivity contribution in [2.45, 2.75) is 6.92 Å². The van der Waals surface area contributed by atoms with E-state index >= 15 is 0 Å². The van der Waals surface area contributed by atoms with Crippen LogP contribution < -0.4 is 15.6 Å². The van der Waals surface area contributed by atoms with Gasteiger partial charge in [0.2, 0.25) is 0 Å². The number of amides is 2. The number of carbonyl (C=O) groups is 2. The molecule has 7 heteroatoms. The smallest absolute Gasteiger partial charge is 0.269 e. The van der Waals surface area contributed by atoms with Crippen molar-refractivity contribution in [3.8, 4) is 5.75 Å². The van der Waals surface area contributed by atoms with Crippen LogP contribution in [0.25, 0.3) is 6.08 Å². The maximum absolute atomic E-state index is 12.0. The van der Waals surface area contributed by atoms with E-state index in [2.05, 4.69) is 10.9 Å². The molecule has 2 N–H and O–H groups in total. The molecule has 0 aromatic heterocycles. The van der Waals surface area contributed by atoms with Crippen LogP contribution in [0.5, 0.6) is 5.75 Å². The minimum atomic E-state index is -0.504. The molecule has 2 aromatic carbocycles. The molecule has 0 atom stereocenters. The number of nitrogens with one attached hydrogen (secondary N) is 2. The summed E-state index contributed by atoms with van der Waals surface area (Å²) in [5, 5.41) is 0.750. The van der Waals surface area contributed by atoms with Gasteiger partial charge in [-0.05, 0) is 48.9 Å². The van der Waals surface area contributed by atoms with Crippen molar-refractivity contribution in [2.75, 3.05) is 6.61 Å². The summed E-state index contributed by atoms with van der Waals surface area (Å²) in [5.41, 5.74) is 5.61. The Hall–Kier alpha value is -2.50. The normalized spacial score (nSPS) is 10.5. The molecule has 0 aliphatic heterocycles. The summed E-state index contributed by atoms with van der Waals surface area (Å²) in [5.74, 6) is -0.273. The predicted octanol–water partition coefficient (Wildman–Crippen LogP) is 3.87. The zero-order valence-electron chi connectivity index (χ0n) is 13.4. The predicted molar refractivity (Wildman–Crippen MR) is 98.7 cm³/mol. The standard InChI is InChI=1S/C18H16Cl2N2O3/c1-2-25-14-9-6-13(7-10-14)18(24)22-21-16(23)11-8-12-4-3-5-15(19)17(12)20/h3-11H,2H2,1H3,(H,21,23)(H,22,24)/b11-8+. The Morgan fingerprint density at radius 3 is 2.48 bits per heavy atom. The summed E-state index contributed by atoms with van der Waals surface area (Å²) < 4.78 is 5.30. The molecule has 0 aliphatic rings. The van der Waals surface area contributed by atoms with E-state index in [4.69, 9.17) is 27.9 Å². The van der Waals surface area contributed by atoms with Crippen LogP contribution in [0.2, 0.25) is 10.0 Å². The van der Waals surface area contributed by atoms with E-state index < -0.39 is 11.8 Å². The van der Waals surface area contributed by atoms with Crippen molar-refractivity contribution in [3.05, 3.63) is 69.7 Å². The first-order valence-electron chi connectivity index (χ1n) is 7.46. The summed E-state index contributed by atoms with van der Waals surface area (Å²) in [6.07, 6.45) is 2.75. The minimum absolute atomic E-state index is 0.353. The van der Waals surface area contributed by atoms with Crippen LogP contribution in [0.1, 0.15) is 22.8 Å². The van der Waals surface area contributed by atoms with Crippen molar-refractivity contribution in [2.24, 2.45) is 0 Å². The van der Waals surface area contributed by atoms with E-state index in [1.165, 1.54) is 12.2 Å². The highest BCUT2D eigenvalue weighted by Crippen LogP contribution is 2.26. The van der Waals surface area contributed by atoms with E-state index in [1.807, 2.05) is 6.92 Å². The monoisotopic (exact) mass is 378 g/mol. The van der Waals surface area contributed by atoms with Crippen molar-refractivity contribution in [1.29, 1.82) is 0 Å². The van der Waals surface area contributed by atoms with Crippen LogP contribution in [0.4, 0.5) is 0 Å². The molecule has 0 spiro atoms. The lowest BCUT2D eigenvalue weighted by Gasteiger charge is -2.07. The van der Waals surface area contributed by atoms with Gasteiger partial charge >= 0.3 is 0 Å². The molecule has 0 bridgehead atoms. The number of hydrazine groups is 1. The lowest BCUT2D eigenvalue weighted by atomic mass is 10.2. The van der Waals surface area contributed by atoms with Gasteiger partial charge in [-0.15, -0.1) is 0 Å². The van der Waals surface area contributed by atoms with E-state index in [-0.39, 0.29) is 0 Å². The molecule has 0 saturated carbocycles. The maximum atomic E-state index is 12.0. The van der Waals surface area contributed by atoms with Crippen molar-refractivity contribution in [1.82, 2.24) is 10.9 Å². The molecule has 0 heterocycles. The van der Waals surface area contributed by atoms with Crippen molar-refractivity contribution < 1.29 is 14.3 Å². The summed E-state index contributed by atoms with van der Waals surface area (Å²) in [7, 11) is 0. The average molecular weight is 379 g/mol. The zero-order chi connectivity index (χ0) is 18.2. The highest BCUT2D eigenvalue weighted by Gasteiger charge is 2.07. The van der Waals surface area contributed by atoms with Gasteiger partial charge in [-0.25, -0.2) is 0 Å². The minimum Gasteiger partial charge on any atom is -0.494 e. The molecule has 0 radical (unpaired) electrons. The van der Waals surface area contributed by atoms with Crippen LogP contribution >= 0.6 is 23.2 Å². The molecule has 0 unspecified atom stereocenters. The maximum Gasteiger partial charge on any atom is 0.269 e. The molecule has 0 aliphatic carbocycles. The molecule has 2 amide bonds. The fourth-order valence-electron chi connectivity index (χ4n) is 1.92. The number of carbonyl (C=O) groups excluding carboxylic acids is 2. The Morgan fingerprint density at radius 1 is 1.08 bits per heavy atom. The van der Waals surface area contributed by atoms with Gasteiger partial charge in [0.15, 0.2) is 0 Å². The van der Waals surface area contributed by atoms with Crippen LogP contribution in [0.15, 0.2) is 48.5 Å². The first-order chi connectivity index (χ1) is 12.0. The number of rotatable bonds is 5. The summed E-state index contributed by atoms with van der Waals surface area (Å²) in [6.45, 7) is 2.42. The second-order valence-electron chi connectivity index (χ2n) is 4.88. The molecule has 5 nitrogen and oxygen atoms in total. The topological polar surface area (TPSA) is 67.4 Å². The highest BCUT2D eigenvalue weighted by atomic mass is 35.5. The summed E-state index contributed by atoms with van der Waals surface area (Å²) in [4.78, 5) is 23.7. The lowest BCUT2D eigenvalue weighted by molar-refractivity contribution is -0.117. The van der Waals surface area contributed by atoms with Crippen LogP contribution in [0.3, 0.4) is 0 Å². The van der Waals surface area contributed by atoms with Gasteiger partial charge in [0, 0.05) is 11.6 Å². The fraction of sp³-hybridized carbons (Fsp3) is 0.111. The van der Waals surface area contributed by atoms with Gasteiger partial charge in [-0.3, -0.25) is 20.4 Å². The molecular formula is C18H16Cl2N2O3. The fourth-order valence-corrected chi connectivity index (χ4v) is 2.29. The average Bonchev–Trinajstić information content (AvgIpc) is 2.62. The molecule has 25 heavy (non-hydrogen) atoms. The Kier molecular flexibility index (Phi) is 6.86. The molecule has 130 valence electrons. The van der Waals surface area contributed by atoms with E-state index in [9.17, 15) is 9.59 Å². The molecule has 2 aromatic rings. The summed E-state index contributed by atoms with van der Waals surface area (Å²) >= 11 is 11.9. The number of benzene rings is 2. The second kappa shape index (κ2) is 9.11. The molecular weight excluding hydrogens is 363 g/mol. The molecule has 2 rings (SSSR count). The zero-order valence-corrected chi connectivity index (χ0v) is 14.9. The Morgan fingerprint density at radius 2 is 1.80 bits per heavy atom. The number of halogens is 2. The second-order valence-corrected chi connectivity index (χ2v) is 5.66. The molecule has 0 saturated heterocycles. The van der Waals surface area contributed by atoms with Crippen molar-refractivity contribution in [3.63, 3.8) is 0 Å². The highest BCUT2D eigenvalue weighted by molar-refractivity contribution is 6.42. The SMILES string of the molecule is CCOc1ccc(C(=O)NNC(=O)/C=C/c2cccc(Cl)c2Cl)cc1. The Labute approximate surface area is 155 Å². The van der Waals surface area contributed by atoms with Crippen molar-refractivity contribution >= 4 is 41.1 Å². The summed E-state index contributed by atoms with van der Waals surface area (Å²) in [6, 6.07) is 11.7. The third kappa shape index (κ3) is 5.52. The van der Waals surface area contributed by atoms with Gasteiger partial charge in [0.25, 0.3) is 11.8 Å². The third-order valence-corrected chi connectivity index (χ3v) is 3.96. The van der Waals surface area contributed by atoms with E-state index in [1.54, 1.807) is 42.5 Å². The van der Waals surface area contributed by atoms with Crippen LogP contribution in [-0.2, 0) is 4.79 Å². The largest absolute Gasteiger partial charge is 0.494 e. The van der Waals surface area contributed by atoms with Crippen LogP contribution in [-0.4, -0.2) is 18.4 Å². The van der Waals surface area contributed by atoms with Gasteiger partial charge in [0.1, 0.15) is 5.75 Å². The lowest BCUT2D eigenvalue weighted by Crippen LogP contribution is -2.40. The van der Waals surface area contributed by atoms with E-state index in [0.29, 0.717) is 33.5 Å². The Bertz CT molecular complexity index is 789. The number of hydrogen-bond donors (Lipinski definition) is 2. The Balaban J connectivity index is 1.89. The first-order valence-corrected chi connectivity index (χ1v) is 8.22. The van der Waals surface area contributed by atoms with Gasteiger partial charge < -0.3 is 4.74 Å². The third-order valence-electron chi connectivity index (χ3n) is 3.12.